The summed E-state index contributed by atoms with van der Waals surface area (Å²) in [6, 6.07) is 14.8. The average Bonchev–Trinajstić information content (AvgIpc) is 2.75. The molecule has 1 atom stereocenters. The molecule has 0 heterocycles. The van der Waals surface area contributed by atoms with E-state index in [0.29, 0.717) is 5.75 Å². The molecule has 2 aromatic rings. The predicted molar refractivity (Wildman–Crippen MR) is 121 cm³/mol. The van der Waals surface area contributed by atoms with Crippen LogP contribution in [0.15, 0.2) is 59.5 Å². The number of carbonyl (C=O) groups is 1. The summed E-state index contributed by atoms with van der Waals surface area (Å²) in [4.78, 5) is 13.3. The molecule has 1 aliphatic rings. The van der Waals surface area contributed by atoms with Crippen molar-refractivity contribution in [3.63, 3.8) is 0 Å². The van der Waals surface area contributed by atoms with Crippen LogP contribution in [0.1, 0.15) is 50.5 Å². The average molecular weight is 445 g/mol. The number of hydrogen-bond acceptors (Lipinski definition) is 4. The van der Waals surface area contributed by atoms with Crippen molar-refractivity contribution in [2.45, 2.75) is 68.3 Å². The summed E-state index contributed by atoms with van der Waals surface area (Å²) < 4.78 is 33.7. The van der Waals surface area contributed by atoms with Gasteiger partial charge in [0.25, 0.3) is 0 Å². The Balaban J connectivity index is 1.76. The lowest BCUT2D eigenvalue weighted by Gasteiger charge is -2.25. The van der Waals surface area contributed by atoms with Crippen molar-refractivity contribution < 1.29 is 17.9 Å². The molecule has 31 heavy (non-hydrogen) atoms. The highest BCUT2D eigenvalue weighted by Crippen LogP contribution is 2.19. The highest BCUT2D eigenvalue weighted by molar-refractivity contribution is 7.89. The zero-order valence-electron chi connectivity index (χ0n) is 18.0. The van der Waals surface area contributed by atoms with Gasteiger partial charge in [-0.2, -0.15) is 4.72 Å². The number of hydrogen-bond donors (Lipinski definition) is 2. The summed E-state index contributed by atoms with van der Waals surface area (Å²) in [5.74, 6) is 0.299. The van der Waals surface area contributed by atoms with Crippen LogP contribution in [0.2, 0.25) is 0 Å². The molecule has 1 aliphatic carbocycles. The molecule has 7 heteroatoms. The highest BCUT2D eigenvalue weighted by Gasteiger charge is 2.27. The SMILES string of the molecule is COc1ccc(S(=O)(=O)NC(Cc2ccccc2)C(=O)NC2CCCCCCC2)cc1. The third-order valence-corrected chi connectivity index (χ3v) is 7.21. The quantitative estimate of drug-likeness (QED) is 0.648. The molecule has 1 unspecified atom stereocenters. The number of rotatable bonds is 8. The highest BCUT2D eigenvalue weighted by atomic mass is 32.2. The predicted octanol–water partition coefficient (Wildman–Crippen LogP) is 3.81. The van der Waals surface area contributed by atoms with Gasteiger partial charge >= 0.3 is 0 Å². The molecule has 0 bridgehead atoms. The Bertz CT molecular complexity index is 922. The summed E-state index contributed by atoms with van der Waals surface area (Å²) in [5.41, 5.74) is 0.901. The number of amides is 1. The van der Waals surface area contributed by atoms with Crippen molar-refractivity contribution >= 4 is 15.9 Å². The van der Waals surface area contributed by atoms with Gasteiger partial charge in [-0.15, -0.1) is 0 Å². The number of sulfonamides is 1. The molecule has 3 rings (SSSR count). The normalized spacial score (nSPS) is 16.7. The van der Waals surface area contributed by atoms with Crippen molar-refractivity contribution in [2.24, 2.45) is 0 Å². The Morgan fingerprint density at radius 3 is 2.19 bits per heavy atom. The second kappa shape index (κ2) is 11.3. The largest absolute Gasteiger partial charge is 0.497 e. The zero-order valence-corrected chi connectivity index (χ0v) is 18.9. The van der Waals surface area contributed by atoms with Crippen molar-refractivity contribution in [1.29, 1.82) is 0 Å². The van der Waals surface area contributed by atoms with Gasteiger partial charge < -0.3 is 10.1 Å². The second-order valence-corrected chi connectivity index (χ2v) is 9.80. The van der Waals surface area contributed by atoms with Crippen molar-refractivity contribution in [2.75, 3.05) is 7.11 Å². The maximum absolute atomic E-state index is 13.2. The standard InChI is InChI=1S/C24H32N2O4S/c1-30-21-14-16-22(17-15-21)31(28,29)26-23(18-19-10-6-5-7-11-19)24(27)25-20-12-8-3-2-4-9-13-20/h5-7,10-11,14-17,20,23,26H,2-4,8-9,12-13,18H2,1H3,(H,25,27). The van der Waals surface area contributed by atoms with Gasteiger partial charge in [0.1, 0.15) is 11.8 Å². The maximum Gasteiger partial charge on any atom is 0.241 e. The Hall–Kier alpha value is -2.38. The van der Waals surface area contributed by atoms with Gasteiger partial charge in [0, 0.05) is 6.04 Å². The molecule has 2 aromatic carbocycles. The van der Waals surface area contributed by atoms with Gasteiger partial charge in [0.15, 0.2) is 0 Å². The first-order valence-corrected chi connectivity index (χ1v) is 12.5. The summed E-state index contributed by atoms with van der Waals surface area (Å²) in [7, 11) is -2.34. The lowest BCUT2D eigenvalue weighted by Crippen LogP contribution is -2.50. The second-order valence-electron chi connectivity index (χ2n) is 8.09. The van der Waals surface area contributed by atoms with E-state index in [1.807, 2.05) is 30.3 Å². The molecule has 0 saturated heterocycles. The van der Waals surface area contributed by atoms with Gasteiger partial charge in [-0.25, -0.2) is 8.42 Å². The van der Waals surface area contributed by atoms with Gasteiger partial charge in [0.05, 0.1) is 12.0 Å². The van der Waals surface area contributed by atoms with Gasteiger partial charge in [-0.3, -0.25) is 4.79 Å². The first-order valence-electron chi connectivity index (χ1n) is 11.0. The topological polar surface area (TPSA) is 84.5 Å². The molecule has 0 aromatic heterocycles. The first kappa shape index (κ1) is 23.3. The van der Waals surface area contributed by atoms with E-state index in [-0.39, 0.29) is 23.3 Å². The Kier molecular flexibility index (Phi) is 8.49. The first-order chi connectivity index (χ1) is 15.0. The monoisotopic (exact) mass is 444 g/mol. The van der Waals surface area contributed by atoms with Gasteiger partial charge in [0.2, 0.25) is 15.9 Å². The number of nitrogens with one attached hydrogen (secondary N) is 2. The number of benzene rings is 2. The molecule has 0 aliphatic heterocycles. The smallest absolute Gasteiger partial charge is 0.241 e. The molecule has 0 radical (unpaired) electrons. The van der Waals surface area contributed by atoms with Crippen LogP contribution in [0.25, 0.3) is 0 Å². The van der Waals surface area contributed by atoms with Crippen LogP contribution in [0.4, 0.5) is 0 Å². The molecule has 6 nitrogen and oxygen atoms in total. The molecule has 1 amide bonds. The fourth-order valence-electron chi connectivity index (χ4n) is 3.95. The third-order valence-electron chi connectivity index (χ3n) is 5.72. The number of ether oxygens (including phenoxy) is 1. The van der Waals surface area contributed by atoms with E-state index >= 15 is 0 Å². The van der Waals surface area contributed by atoms with Crippen LogP contribution in [0.3, 0.4) is 0 Å². The molecule has 0 spiro atoms. The van der Waals surface area contributed by atoms with Crippen molar-refractivity contribution in [1.82, 2.24) is 10.0 Å². The number of methoxy groups -OCH3 is 1. The van der Waals surface area contributed by atoms with E-state index in [2.05, 4.69) is 10.0 Å². The van der Waals surface area contributed by atoms with E-state index in [4.69, 9.17) is 4.74 Å². The molecule has 1 fully saturated rings. The summed E-state index contributed by atoms with van der Waals surface area (Å²) in [6.07, 6.45) is 7.96. The van der Waals surface area contributed by atoms with Crippen LogP contribution in [-0.2, 0) is 21.2 Å². The fourth-order valence-corrected chi connectivity index (χ4v) is 5.15. The number of carbonyl (C=O) groups excluding carboxylic acids is 1. The van der Waals surface area contributed by atoms with Crippen LogP contribution < -0.4 is 14.8 Å². The Morgan fingerprint density at radius 1 is 0.968 bits per heavy atom. The fraction of sp³-hybridized carbons (Fsp3) is 0.458. The summed E-state index contributed by atoms with van der Waals surface area (Å²) >= 11 is 0. The van der Waals surface area contributed by atoms with Crippen molar-refractivity contribution in [3.8, 4) is 5.75 Å². The minimum Gasteiger partial charge on any atom is -0.497 e. The molecule has 2 N–H and O–H groups in total. The zero-order chi connectivity index (χ0) is 22.1. The van der Waals surface area contributed by atoms with Crippen LogP contribution in [0.5, 0.6) is 5.75 Å². The summed E-state index contributed by atoms with van der Waals surface area (Å²) in [6.45, 7) is 0. The van der Waals surface area contributed by atoms with E-state index in [1.165, 1.54) is 38.5 Å². The molecular weight excluding hydrogens is 412 g/mol. The lowest BCUT2D eigenvalue weighted by molar-refractivity contribution is -0.123. The van der Waals surface area contributed by atoms with E-state index < -0.39 is 16.1 Å². The lowest BCUT2D eigenvalue weighted by atomic mass is 9.96. The van der Waals surface area contributed by atoms with E-state index in [9.17, 15) is 13.2 Å². The van der Waals surface area contributed by atoms with Crippen LogP contribution in [0, 0.1) is 0 Å². The van der Waals surface area contributed by atoms with E-state index in [0.717, 1.165) is 31.2 Å². The molecular formula is C24H32N2O4S. The van der Waals surface area contributed by atoms with Crippen LogP contribution >= 0.6 is 0 Å². The van der Waals surface area contributed by atoms with E-state index in [1.54, 1.807) is 12.1 Å². The Morgan fingerprint density at radius 2 is 1.58 bits per heavy atom. The molecule has 168 valence electrons. The van der Waals surface area contributed by atoms with Gasteiger partial charge in [-0.1, -0.05) is 62.4 Å². The van der Waals surface area contributed by atoms with Crippen LogP contribution in [-0.4, -0.2) is 33.5 Å². The minimum atomic E-state index is -3.87. The van der Waals surface area contributed by atoms with Gasteiger partial charge in [-0.05, 0) is 49.1 Å². The maximum atomic E-state index is 13.2. The summed E-state index contributed by atoms with van der Waals surface area (Å²) in [5, 5.41) is 3.11. The van der Waals surface area contributed by atoms with Crippen molar-refractivity contribution in [3.05, 3.63) is 60.2 Å². The third kappa shape index (κ3) is 7.08. The Labute approximate surface area is 185 Å². The molecule has 1 saturated carbocycles. The minimum absolute atomic E-state index is 0.0940.